The van der Waals surface area contributed by atoms with Gasteiger partial charge in [-0.25, -0.2) is 0 Å². The topological polar surface area (TPSA) is 94.3 Å². The highest BCUT2D eigenvalue weighted by Crippen LogP contribution is 2.36. The van der Waals surface area contributed by atoms with Gasteiger partial charge in [0.15, 0.2) is 0 Å². The summed E-state index contributed by atoms with van der Waals surface area (Å²) in [6.45, 7) is 2.50. The van der Waals surface area contributed by atoms with Crippen molar-refractivity contribution in [2.24, 2.45) is 24.4 Å². The highest BCUT2D eigenvalue weighted by Gasteiger charge is 2.39. The number of carbonyl (C=O) groups is 2. The van der Waals surface area contributed by atoms with Gasteiger partial charge in [-0.3, -0.25) is 14.5 Å². The minimum Gasteiger partial charge on any atom is -0.344 e. The standard InChI is InChI=1S/C20H22N4O2/c1-11(14(22)9-21)10-24-19(25)13-7-8-16-17(18(13)20(24)26)12-5-3-4-6-15(12)23(16)2/h3-8,11,14H,9-10,21-22H2,1-2H3/t11-,14?/m1/s1. The third-order valence-corrected chi connectivity index (χ3v) is 5.49. The smallest absolute Gasteiger partial charge is 0.262 e. The molecule has 1 aliphatic rings. The lowest BCUT2D eigenvalue weighted by atomic mass is 10.0. The zero-order chi connectivity index (χ0) is 18.6. The van der Waals surface area contributed by atoms with Crippen LogP contribution >= 0.6 is 0 Å². The number of benzene rings is 2. The van der Waals surface area contributed by atoms with Crippen molar-refractivity contribution >= 4 is 33.6 Å². The number of nitrogens with two attached hydrogens (primary N) is 2. The molecule has 1 unspecified atom stereocenters. The van der Waals surface area contributed by atoms with Crippen molar-refractivity contribution in [2.75, 3.05) is 13.1 Å². The van der Waals surface area contributed by atoms with E-state index in [4.69, 9.17) is 11.5 Å². The maximum absolute atomic E-state index is 13.1. The molecular formula is C20H22N4O2. The van der Waals surface area contributed by atoms with E-state index in [1.807, 2.05) is 44.3 Å². The molecule has 2 atom stereocenters. The number of aryl methyl sites for hydroxylation is 1. The van der Waals surface area contributed by atoms with Crippen molar-refractivity contribution in [3.8, 4) is 0 Å². The molecule has 134 valence electrons. The van der Waals surface area contributed by atoms with Crippen LogP contribution in [0.2, 0.25) is 0 Å². The summed E-state index contributed by atoms with van der Waals surface area (Å²) < 4.78 is 2.05. The maximum Gasteiger partial charge on any atom is 0.262 e. The average Bonchev–Trinajstić information content (AvgIpc) is 3.08. The Morgan fingerprint density at radius 1 is 1.04 bits per heavy atom. The number of para-hydroxylation sites is 1. The highest BCUT2D eigenvalue weighted by atomic mass is 16.2. The van der Waals surface area contributed by atoms with Crippen LogP contribution in [0.4, 0.5) is 0 Å². The summed E-state index contributed by atoms with van der Waals surface area (Å²) in [5, 5.41) is 1.83. The normalized spacial score (nSPS) is 16.5. The molecule has 0 aliphatic carbocycles. The van der Waals surface area contributed by atoms with Crippen LogP contribution in [-0.2, 0) is 7.05 Å². The van der Waals surface area contributed by atoms with Crippen LogP contribution < -0.4 is 11.5 Å². The molecule has 0 bridgehead atoms. The Bertz CT molecular complexity index is 1050. The monoisotopic (exact) mass is 350 g/mol. The highest BCUT2D eigenvalue weighted by molar-refractivity contribution is 6.30. The molecule has 3 aromatic rings. The zero-order valence-electron chi connectivity index (χ0n) is 14.9. The summed E-state index contributed by atoms with van der Waals surface area (Å²) >= 11 is 0. The summed E-state index contributed by atoms with van der Waals surface area (Å²) in [5.74, 6) is -0.566. The molecule has 1 aromatic heterocycles. The van der Waals surface area contributed by atoms with Gasteiger partial charge in [-0.2, -0.15) is 0 Å². The molecular weight excluding hydrogens is 328 g/mol. The van der Waals surface area contributed by atoms with Crippen LogP contribution in [-0.4, -0.2) is 40.4 Å². The van der Waals surface area contributed by atoms with Crippen molar-refractivity contribution in [3.05, 3.63) is 47.5 Å². The Morgan fingerprint density at radius 3 is 2.50 bits per heavy atom. The SMILES string of the molecule is C[C@H](CN1C(=O)c2ccc3c(c2C1=O)c1ccccc1n3C)C(N)CN. The third-order valence-electron chi connectivity index (χ3n) is 5.49. The lowest BCUT2D eigenvalue weighted by Gasteiger charge is -2.23. The summed E-state index contributed by atoms with van der Waals surface area (Å²) in [6.07, 6.45) is 0. The van der Waals surface area contributed by atoms with Crippen molar-refractivity contribution in [3.63, 3.8) is 0 Å². The largest absolute Gasteiger partial charge is 0.344 e. The number of amides is 2. The fourth-order valence-corrected chi connectivity index (χ4v) is 3.85. The van der Waals surface area contributed by atoms with Crippen molar-refractivity contribution in [1.29, 1.82) is 0 Å². The van der Waals surface area contributed by atoms with E-state index in [0.717, 1.165) is 21.8 Å². The number of carbonyl (C=O) groups excluding carboxylic acids is 2. The Kier molecular flexibility index (Phi) is 3.82. The first-order chi connectivity index (χ1) is 12.5. The lowest BCUT2D eigenvalue weighted by Crippen LogP contribution is -2.43. The summed E-state index contributed by atoms with van der Waals surface area (Å²) in [5.41, 5.74) is 14.5. The lowest BCUT2D eigenvalue weighted by molar-refractivity contribution is 0.0627. The van der Waals surface area contributed by atoms with E-state index >= 15 is 0 Å². The number of hydrogen-bond acceptors (Lipinski definition) is 4. The van der Waals surface area contributed by atoms with Gasteiger partial charge in [0, 0.05) is 48.0 Å². The van der Waals surface area contributed by atoms with Gasteiger partial charge in [0.25, 0.3) is 11.8 Å². The molecule has 2 amide bonds. The number of nitrogens with zero attached hydrogens (tertiary/aromatic N) is 2. The van der Waals surface area contributed by atoms with Crippen LogP contribution in [0.1, 0.15) is 27.6 Å². The molecule has 0 saturated heterocycles. The average molecular weight is 350 g/mol. The zero-order valence-corrected chi connectivity index (χ0v) is 14.9. The quantitative estimate of drug-likeness (QED) is 0.702. The van der Waals surface area contributed by atoms with Gasteiger partial charge in [-0.05, 0) is 24.1 Å². The third kappa shape index (κ3) is 2.19. The number of aromatic nitrogens is 1. The van der Waals surface area contributed by atoms with Crippen LogP contribution in [0, 0.1) is 5.92 Å². The molecule has 2 heterocycles. The Balaban J connectivity index is 1.88. The first-order valence-corrected chi connectivity index (χ1v) is 8.77. The van der Waals surface area contributed by atoms with Crippen LogP contribution in [0.25, 0.3) is 21.8 Å². The molecule has 0 spiro atoms. The first-order valence-electron chi connectivity index (χ1n) is 8.77. The molecule has 4 N–H and O–H groups in total. The fraction of sp³-hybridized carbons (Fsp3) is 0.300. The molecule has 0 saturated carbocycles. The molecule has 6 heteroatoms. The van der Waals surface area contributed by atoms with Gasteiger partial charge in [0.2, 0.25) is 0 Å². The molecule has 6 nitrogen and oxygen atoms in total. The van der Waals surface area contributed by atoms with E-state index in [1.165, 1.54) is 4.90 Å². The van der Waals surface area contributed by atoms with Gasteiger partial charge in [0.05, 0.1) is 11.1 Å². The number of imide groups is 1. The predicted octanol–water partition coefficient (Wildman–Crippen LogP) is 1.85. The van der Waals surface area contributed by atoms with Crippen LogP contribution in [0.5, 0.6) is 0 Å². The van der Waals surface area contributed by atoms with E-state index in [-0.39, 0.29) is 30.3 Å². The second-order valence-electron chi connectivity index (χ2n) is 7.06. The summed E-state index contributed by atoms with van der Waals surface area (Å²) in [7, 11) is 1.97. The second-order valence-corrected chi connectivity index (χ2v) is 7.06. The minimum absolute atomic E-state index is 0.0646. The number of fused-ring (bicyclic) bond motifs is 5. The van der Waals surface area contributed by atoms with Gasteiger partial charge in [0.1, 0.15) is 0 Å². The maximum atomic E-state index is 13.1. The summed E-state index contributed by atoms with van der Waals surface area (Å²) in [6, 6.07) is 11.3. The number of hydrogen-bond donors (Lipinski definition) is 2. The van der Waals surface area contributed by atoms with Gasteiger partial charge in [-0.1, -0.05) is 25.1 Å². The molecule has 2 aromatic carbocycles. The summed E-state index contributed by atoms with van der Waals surface area (Å²) in [4.78, 5) is 27.3. The van der Waals surface area contributed by atoms with Crippen molar-refractivity contribution in [2.45, 2.75) is 13.0 Å². The molecule has 1 aliphatic heterocycles. The molecule has 26 heavy (non-hydrogen) atoms. The first kappa shape index (κ1) is 16.8. The van der Waals surface area contributed by atoms with Crippen molar-refractivity contribution < 1.29 is 9.59 Å². The predicted molar refractivity (Wildman–Crippen MR) is 102 cm³/mol. The van der Waals surface area contributed by atoms with E-state index in [9.17, 15) is 9.59 Å². The minimum atomic E-state index is -0.254. The van der Waals surface area contributed by atoms with Gasteiger partial charge < -0.3 is 16.0 Å². The molecule has 0 radical (unpaired) electrons. The van der Waals surface area contributed by atoms with E-state index in [0.29, 0.717) is 17.7 Å². The van der Waals surface area contributed by atoms with Crippen molar-refractivity contribution in [1.82, 2.24) is 9.47 Å². The van der Waals surface area contributed by atoms with Gasteiger partial charge >= 0.3 is 0 Å². The second kappa shape index (κ2) is 5.93. The van der Waals surface area contributed by atoms with E-state index in [1.54, 1.807) is 6.07 Å². The Morgan fingerprint density at radius 2 is 1.77 bits per heavy atom. The fourth-order valence-electron chi connectivity index (χ4n) is 3.85. The van der Waals surface area contributed by atoms with Crippen LogP contribution in [0.3, 0.4) is 0 Å². The van der Waals surface area contributed by atoms with E-state index in [2.05, 4.69) is 4.57 Å². The molecule has 4 rings (SSSR count). The van der Waals surface area contributed by atoms with E-state index < -0.39 is 0 Å². The number of rotatable bonds is 4. The Labute approximate surface area is 151 Å². The molecule has 0 fully saturated rings. The Hall–Kier alpha value is -2.70. The van der Waals surface area contributed by atoms with Gasteiger partial charge in [-0.15, -0.1) is 0 Å². The van der Waals surface area contributed by atoms with Crippen LogP contribution in [0.15, 0.2) is 36.4 Å².